The summed E-state index contributed by atoms with van der Waals surface area (Å²) in [6, 6.07) is 4.87. The zero-order chi connectivity index (χ0) is 14.6. The lowest BCUT2D eigenvalue weighted by atomic mass is 10.1. The monoisotopic (exact) mass is 347 g/mol. The minimum atomic E-state index is -0.240. The molecular formula is C12H15BrClN3O2. The quantitative estimate of drug-likeness (QED) is 0.380. The molecule has 0 aromatic heterocycles. The van der Waals surface area contributed by atoms with Crippen molar-refractivity contribution in [1.29, 1.82) is 0 Å². The predicted octanol–water partition coefficient (Wildman–Crippen LogP) is 2.70. The largest absolute Gasteiger partial charge is 0.409 e. The van der Waals surface area contributed by atoms with Crippen molar-refractivity contribution in [3.8, 4) is 0 Å². The molecule has 1 amide bonds. The number of hydrogen-bond acceptors (Lipinski definition) is 3. The van der Waals surface area contributed by atoms with E-state index in [0.717, 1.165) is 0 Å². The van der Waals surface area contributed by atoms with Crippen LogP contribution in [0.4, 0.5) is 0 Å². The Morgan fingerprint density at radius 3 is 2.74 bits per heavy atom. The van der Waals surface area contributed by atoms with E-state index in [9.17, 15) is 4.79 Å². The molecule has 0 unspecified atom stereocenters. The molecule has 0 saturated carbocycles. The van der Waals surface area contributed by atoms with Crippen LogP contribution in [0.3, 0.4) is 0 Å². The van der Waals surface area contributed by atoms with Gasteiger partial charge in [-0.2, -0.15) is 0 Å². The van der Waals surface area contributed by atoms with Crippen molar-refractivity contribution >= 4 is 39.3 Å². The van der Waals surface area contributed by atoms with Crippen LogP contribution in [0.2, 0.25) is 5.02 Å². The molecule has 1 aromatic carbocycles. The Labute approximate surface area is 125 Å². The highest BCUT2D eigenvalue weighted by molar-refractivity contribution is 9.10. The summed E-state index contributed by atoms with van der Waals surface area (Å²) in [4.78, 5) is 13.9. The fraction of sp³-hybridized carbons (Fsp3) is 0.333. The lowest BCUT2D eigenvalue weighted by Gasteiger charge is -2.26. The highest BCUT2D eigenvalue weighted by Crippen LogP contribution is 2.23. The standard InChI is InChI=1S/C12H15BrClN3O2/c1-7(2)17(6-11(15)16-19)12(18)9-5-8(14)3-4-10(9)13/h3-5,7,19H,6H2,1-2H3,(H2,15,16). The summed E-state index contributed by atoms with van der Waals surface area (Å²) in [5.41, 5.74) is 5.90. The van der Waals surface area contributed by atoms with Crippen LogP contribution >= 0.6 is 27.5 Å². The molecule has 0 saturated heterocycles. The number of amides is 1. The van der Waals surface area contributed by atoms with Gasteiger partial charge < -0.3 is 15.8 Å². The van der Waals surface area contributed by atoms with Crippen molar-refractivity contribution in [2.75, 3.05) is 6.54 Å². The second-order valence-corrected chi connectivity index (χ2v) is 5.53. The number of nitrogens with zero attached hydrogens (tertiary/aromatic N) is 2. The van der Waals surface area contributed by atoms with Gasteiger partial charge in [-0.1, -0.05) is 16.8 Å². The van der Waals surface area contributed by atoms with E-state index in [4.69, 9.17) is 22.5 Å². The third-order valence-corrected chi connectivity index (χ3v) is 3.43. The molecule has 0 aliphatic rings. The first-order valence-corrected chi connectivity index (χ1v) is 6.76. The number of halogens is 2. The van der Waals surface area contributed by atoms with E-state index in [2.05, 4.69) is 21.1 Å². The Bertz CT molecular complexity index is 506. The smallest absolute Gasteiger partial charge is 0.255 e. The van der Waals surface area contributed by atoms with Crippen molar-refractivity contribution in [1.82, 2.24) is 4.90 Å². The molecule has 0 atom stereocenters. The Balaban J connectivity index is 3.09. The van der Waals surface area contributed by atoms with E-state index in [1.165, 1.54) is 4.90 Å². The lowest BCUT2D eigenvalue weighted by molar-refractivity contribution is 0.0733. The Kier molecular flexibility index (Phi) is 5.62. The van der Waals surface area contributed by atoms with E-state index < -0.39 is 0 Å². The van der Waals surface area contributed by atoms with Crippen molar-refractivity contribution in [2.24, 2.45) is 10.9 Å². The Morgan fingerprint density at radius 2 is 2.21 bits per heavy atom. The van der Waals surface area contributed by atoms with Crippen LogP contribution in [0.25, 0.3) is 0 Å². The van der Waals surface area contributed by atoms with Gasteiger partial charge in [0, 0.05) is 15.5 Å². The van der Waals surface area contributed by atoms with Gasteiger partial charge in [0.1, 0.15) is 0 Å². The summed E-state index contributed by atoms with van der Waals surface area (Å²) in [7, 11) is 0. The second kappa shape index (κ2) is 6.77. The van der Waals surface area contributed by atoms with Crippen molar-refractivity contribution in [2.45, 2.75) is 19.9 Å². The second-order valence-electron chi connectivity index (χ2n) is 4.24. The van der Waals surface area contributed by atoms with Gasteiger partial charge in [-0.3, -0.25) is 4.79 Å². The molecule has 1 rings (SSSR count). The lowest BCUT2D eigenvalue weighted by Crippen LogP contribution is -2.43. The molecule has 0 radical (unpaired) electrons. The SMILES string of the molecule is CC(C)N(C/C(N)=N/O)C(=O)c1cc(Cl)ccc1Br. The zero-order valence-corrected chi connectivity index (χ0v) is 12.9. The van der Waals surface area contributed by atoms with Crippen molar-refractivity contribution in [3.63, 3.8) is 0 Å². The molecule has 0 fully saturated rings. The third-order valence-electron chi connectivity index (χ3n) is 2.50. The molecule has 0 bridgehead atoms. The summed E-state index contributed by atoms with van der Waals surface area (Å²) < 4.78 is 0.645. The minimum absolute atomic E-state index is 0.0276. The maximum atomic E-state index is 12.5. The highest BCUT2D eigenvalue weighted by atomic mass is 79.9. The fourth-order valence-corrected chi connectivity index (χ4v) is 2.10. The molecule has 3 N–H and O–H groups in total. The number of nitrogens with two attached hydrogens (primary N) is 1. The summed E-state index contributed by atoms with van der Waals surface area (Å²) >= 11 is 9.21. The van der Waals surface area contributed by atoms with Crippen LogP contribution in [0.5, 0.6) is 0 Å². The number of benzene rings is 1. The number of carbonyl (C=O) groups is 1. The Hall–Kier alpha value is -1.27. The maximum absolute atomic E-state index is 12.5. The fourth-order valence-electron chi connectivity index (χ4n) is 1.51. The van der Waals surface area contributed by atoms with E-state index in [-0.39, 0.29) is 24.3 Å². The molecule has 5 nitrogen and oxygen atoms in total. The van der Waals surface area contributed by atoms with E-state index in [1.807, 2.05) is 13.8 Å². The van der Waals surface area contributed by atoms with E-state index >= 15 is 0 Å². The van der Waals surface area contributed by atoms with Gasteiger partial charge in [-0.15, -0.1) is 0 Å². The molecule has 19 heavy (non-hydrogen) atoms. The topological polar surface area (TPSA) is 78.9 Å². The first-order valence-electron chi connectivity index (χ1n) is 5.59. The molecule has 0 aliphatic carbocycles. The van der Waals surface area contributed by atoms with Crippen LogP contribution in [-0.2, 0) is 0 Å². The van der Waals surface area contributed by atoms with Crippen LogP contribution < -0.4 is 5.73 Å². The van der Waals surface area contributed by atoms with E-state index in [0.29, 0.717) is 15.1 Å². The highest BCUT2D eigenvalue weighted by Gasteiger charge is 2.22. The summed E-state index contributed by atoms with van der Waals surface area (Å²) in [5.74, 6) is -0.267. The summed E-state index contributed by atoms with van der Waals surface area (Å²) in [5, 5.41) is 12.0. The van der Waals surface area contributed by atoms with Gasteiger partial charge in [0.15, 0.2) is 5.84 Å². The molecule has 7 heteroatoms. The first-order chi connectivity index (χ1) is 8.86. The summed E-state index contributed by atoms with van der Waals surface area (Å²) in [6.07, 6.45) is 0. The molecule has 1 aromatic rings. The average molecular weight is 349 g/mol. The number of oxime groups is 1. The molecule has 104 valence electrons. The third kappa shape index (κ3) is 4.11. The van der Waals surface area contributed by atoms with Crippen molar-refractivity contribution in [3.05, 3.63) is 33.3 Å². The van der Waals surface area contributed by atoms with Gasteiger partial charge in [0.25, 0.3) is 5.91 Å². The molecule has 0 spiro atoms. The van der Waals surface area contributed by atoms with Gasteiger partial charge in [-0.25, -0.2) is 0 Å². The predicted molar refractivity (Wildman–Crippen MR) is 78.7 cm³/mol. The normalized spacial score (nSPS) is 11.7. The zero-order valence-electron chi connectivity index (χ0n) is 10.6. The van der Waals surface area contributed by atoms with Crippen LogP contribution in [0.1, 0.15) is 24.2 Å². The van der Waals surface area contributed by atoms with Gasteiger partial charge >= 0.3 is 0 Å². The minimum Gasteiger partial charge on any atom is -0.409 e. The van der Waals surface area contributed by atoms with Gasteiger partial charge in [-0.05, 0) is 48.0 Å². The van der Waals surface area contributed by atoms with Crippen LogP contribution in [-0.4, -0.2) is 34.4 Å². The molecular weight excluding hydrogens is 334 g/mol. The molecule has 0 aliphatic heterocycles. The number of amidine groups is 1. The maximum Gasteiger partial charge on any atom is 0.255 e. The number of rotatable bonds is 4. The Morgan fingerprint density at radius 1 is 1.58 bits per heavy atom. The van der Waals surface area contributed by atoms with E-state index in [1.54, 1.807) is 18.2 Å². The number of hydrogen-bond donors (Lipinski definition) is 2. The van der Waals surface area contributed by atoms with Gasteiger partial charge in [0.2, 0.25) is 0 Å². The van der Waals surface area contributed by atoms with Crippen LogP contribution in [0.15, 0.2) is 27.8 Å². The summed E-state index contributed by atoms with van der Waals surface area (Å²) in [6.45, 7) is 3.74. The molecule has 0 heterocycles. The van der Waals surface area contributed by atoms with Crippen molar-refractivity contribution < 1.29 is 10.0 Å². The van der Waals surface area contributed by atoms with Crippen LogP contribution in [0, 0.1) is 0 Å². The number of carbonyl (C=O) groups excluding carboxylic acids is 1. The first kappa shape index (κ1) is 15.8. The average Bonchev–Trinajstić information content (AvgIpc) is 2.37. The van der Waals surface area contributed by atoms with Gasteiger partial charge in [0.05, 0.1) is 12.1 Å².